The number of rotatable bonds is 2. The molecule has 0 amide bonds. The molecule has 0 aliphatic carbocycles. The van der Waals surface area contributed by atoms with Crippen LogP contribution in [0.3, 0.4) is 0 Å². The van der Waals surface area contributed by atoms with Gasteiger partial charge in [-0.05, 0) is 13.5 Å². The number of nitrogens with two attached hydrogens (primary N) is 1. The highest BCUT2D eigenvalue weighted by Gasteiger charge is 2.17. The molecule has 0 aromatic heterocycles. The summed E-state index contributed by atoms with van der Waals surface area (Å²) < 4.78 is 0. The highest BCUT2D eigenvalue weighted by atomic mass is 15.4. The molecule has 0 bridgehead atoms. The van der Waals surface area contributed by atoms with Gasteiger partial charge in [-0.15, -0.1) is 0 Å². The van der Waals surface area contributed by atoms with Gasteiger partial charge in [0, 0.05) is 32.7 Å². The Morgan fingerprint density at radius 1 is 1.29 bits per heavy atom. The lowest BCUT2D eigenvalue weighted by Crippen LogP contribution is -2.53. The zero-order chi connectivity index (χ0) is 10.4. The minimum Gasteiger partial charge on any atom is -0.339 e. The fourth-order valence-electron chi connectivity index (χ4n) is 1.66. The Morgan fingerprint density at radius 3 is 2.36 bits per heavy atom. The van der Waals surface area contributed by atoms with Gasteiger partial charge in [0.1, 0.15) is 0 Å². The van der Waals surface area contributed by atoms with E-state index in [2.05, 4.69) is 27.1 Å². The van der Waals surface area contributed by atoms with Crippen LogP contribution in [0.5, 0.6) is 0 Å². The van der Waals surface area contributed by atoms with Crippen molar-refractivity contribution < 1.29 is 0 Å². The van der Waals surface area contributed by atoms with Crippen molar-refractivity contribution in [1.82, 2.24) is 15.2 Å². The molecule has 3 N–H and O–H groups in total. The standard InChI is InChI=1S/C9H21N5/c1-3-11-9(12-10)14-7-5-13(4-2)6-8-14/h3-8,10H2,1-2H3,(H,11,12). The van der Waals surface area contributed by atoms with E-state index in [1.54, 1.807) is 0 Å². The highest BCUT2D eigenvalue weighted by Crippen LogP contribution is 2.00. The van der Waals surface area contributed by atoms with Crippen LogP contribution in [0.4, 0.5) is 0 Å². The second kappa shape index (κ2) is 5.82. The lowest BCUT2D eigenvalue weighted by Gasteiger charge is -2.35. The van der Waals surface area contributed by atoms with Crippen molar-refractivity contribution >= 4 is 5.96 Å². The first kappa shape index (κ1) is 11.3. The summed E-state index contributed by atoms with van der Waals surface area (Å²) >= 11 is 0. The lowest BCUT2D eigenvalue weighted by molar-refractivity contribution is 0.186. The molecule has 5 heteroatoms. The average molecular weight is 199 g/mol. The molecule has 1 heterocycles. The number of aliphatic imine (C=N–C) groups is 1. The molecule has 0 atom stereocenters. The van der Waals surface area contributed by atoms with Crippen LogP contribution in [-0.4, -0.2) is 55.0 Å². The Morgan fingerprint density at radius 2 is 1.93 bits per heavy atom. The maximum atomic E-state index is 5.42. The number of nitrogens with one attached hydrogen (secondary N) is 1. The summed E-state index contributed by atoms with van der Waals surface area (Å²) in [5.74, 6) is 6.24. The Balaban J connectivity index is 2.43. The number of hydrazine groups is 1. The Hall–Kier alpha value is -0.810. The van der Waals surface area contributed by atoms with E-state index in [9.17, 15) is 0 Å². The summed E-state index contributed by atoms with van der Waals surface area (Å²) in [7, 11) is 0. The molecular formula is C9H21N5. The number of hydrogen-bond donors (Lipinski definition) is 2. The van der Waals surface area contributed by atoms with Crippen molar-refractivity contribution in [2.24, 2.45) is 10.8 Å². The maximum absolute atomic E-state index is 5.42. The SMILES string of the molecule is CCN=C(NN)N1CCN(CC)CC1. The van der Waals surface area contributed by atoms with E-state index in [4.69, 9.17) is 5.84 Å². The van der Waals surface area contributed by atoms with Crippen LogP contribution in [0, 0.1) is 0 Å². The zero-order valence-electron chi connectivity index (χ0n) is 9.16. The smallest absolute Gasteiger partial charge is 0.208 e. The molecule has 0 aromatic carbocycles. The summed E-state index contributed by atoms with van der Waals surface area (Å²) in [5, 5.41) is 0. The molecule has 0 spiro atoms. The molecule has 0 unspecified atom stereocenters. The van der Waals surface area contributed by atoms with E-state index in [1.165, 1.54) is 0 Å². The first-order chi connectivity index (χ1) is 6.81. The summed E-state index contributed by atoms with van der Waals surface area (Å²) in [6, 6.07) is 0. The molecule has 1 rings (SSSR count). The average Bonchev–Trinajstić information content (AvgIpc) is 2.26. The van der Waals surface area contributed by atoms with Crippen molar-refractivity contribution in [2.45, 2.75) is 13.8 Å². The van der Waals surface area contributed by atoms with E-state index in [-0.39, 0.29) is 0 Å². The van der Waals surface area contributed by atoms with Gasteiger partial charge in [0.15, 0.2) is 0 Å². The molecule has 1 aliphatic rings. The molecule has 14 heavy (non-hydrogen) atoms. The number of piperazine rings is 1. The van der Waals surface area contributed by atoms with Crippen LogP contribution in [0.1, 0.15) is 13.8 Å². The summed E-state index contributed by atoms with van der Waals surface area (Å²) in [6.07, 6.45) is 0. The Kier molecular flexibility index (Phi) is 4.69. The Labute approximate surface area is 85.9 Å². The maximum Gasteiger partial charge on any atom is 0.208 e. The largest absolute Gasteiger partial charge is 0.339 e. The quantitative estimate of drug-likeness (QED) is 0.271. The van der Waals surface area contributed by atoms with Gasteiger partial charge in [-0.25, -0.2) is 5.84 Å². The van der Waals surface area contributed by atoms with Crippen LogP contribution in [0.2, 0.25) is 0 Å². The normalized spacial score (nSPS) is 19.9. The predicted molar refractivity (Wildman–Crippen MR) is 59.0 cm³/mol. The fourth-order valence-corrected chi connectivity index (χ4v) is 1.66. The van der Waals surface area contributed by atoms with Gasteiger partial charge in [0.2, 0.25) is 5.96 Å². The molecule has 0 aromatic rings. The van der Waals surface area contributed by atoms with Gasteiger partial charge in [-0.1, -0.05) is 6.92 Å². The third-order valence-corrected chi connectivity index (χ3v) is 2.56. The molecule has 0 saturated carbocycles. The molecule has 82 valence electrons. The van der Waals surface area contributed by atoms with Gasteiger partial charge in [0.25, 0.3) is 0 Å². The van der Waals surface area contributed by atoms with Crippen LogP contribution in [0.15, 0.2) is 4.99 Å². The van der Waals surface area contributed by atoms with Gasteiger partial charge in [-0.3, -0.25) is 10.4 Å². The number of likely N-dealkylation sites (N-methyl/N-ethyl adjacent to an activating group) is 1. The molecular weight excluding hydrogens is 178 g/mol. The van der Waals surface area contributed by atoms with Crippen LogP contribution in [-0.2, 0) is 0 Å². The summed E-state index contributed by atoms with van der Waals surface area (Å²) in [4.78, 5) is 8.94. The van der Waals surface area contributed by atoms with Crippen molar-refractivity contribution in [2.75, 3.05) is 39.3 Å². The van der Waals surface area contributed by atoms with Gasteiger partial charge < -0.3 is 9.80 Å². The predicted octanol–water partition coefficient (Wildman–Crippen LogP) is -0.537. The fraction of sp³-hybridized carbons (Fsp3) is 0.889. The van der Waals surface area contributed by atoms with E-state index in [0.717, 1.165) is 45.2 Å². The van der Waals surface area contributed by atoms with Gasteiger partial charge >= 0.3 is 0 Å². The highest BCUT2D eigenvalue weighted by molar-refractivity contribution is 5.79. The molecule has 1 saturated heterocycles. The van der Waals surface area contributed by atoms with Crippen molar-refractivity contribution in [1.29, 1.82) is 0 Å². The first-order valence-corrected chi connectivity index (χ1v) is 5.30. The van der Waals surface area contributed by atoms with Crippen LogP contribution in [0.25, 0.3) is 0 Å². The number of hydrogen-bond acceptors (Lipinski definition) is 3. The summed E-state index contributed by atoms with van der Waals surface area (Å²) in [6.45, 7) is 10.3. The minimum absolute atomic E-state index is 0.771. The number of guanidine groups is 1. The van der Waals surface area contributed by atoms with E-state index < -0.39 is 0 Å². The van der Waals surface area contributed by atoms with E-state index in [0.29, 0.717) is 0 Å². The molecule has 1 fully saturated rings. The topological polar surface area (TPSA) is 56.9 Å². The van der Waals surface area contributed by atoms with Crippen molar-refractivity contribution in [3.63, 3.8) is 0 Å². The molecule has 0 radical (unpaired) electrons. The van der Waals surface area contributed by atoms with E-state index >= 15 is 0 Å². The second-order valence-corrected chi connectivity index (χ2v) is 3.36. The second-order valence-electron chi connectivity index (χ2n) is 3.36. The monoisotopic (exact) mass is 199 g/mol. The third kappa shape index (κ3) is 2.85. The molecule has 5 nitrogen and oxygen atoms in total. The van der Waals surface area contributed by atoms with Crippen LogP contribution < -0.4 is 11.3 Å². The van der Waals surface area contributed by atoms with Gasteiger partial charge in [0.05, 0.1) is 0 Å². The van der Waals surface area contributed by atoms with Gasteiger partial charge in [-0.2, -0.15) is 0 Å². The van der Waals surface area contributed by atoms with Crippen molar-refractivity contribution in [3.05, 3.63) is 0 Å². The zero-order valence-corrected chi connectivity index (χ0v) is 9.16. The first-order valence-electron chi connectivity index (χ1n) is 5.30. The van der Waals surface area contributed by atoms with Crippen LogP contribution >= 0.6 is 0 Å². The Bertz CT molecular complexity index is 184. The lowest BCUT2D eigenvalue weighted by atomic mass is 10.3. The molecule has 1 aliphatic heterocycles. The number of nitrogens with zero attached hydrogens (tertiary/aromatic N) is 3. The van der Waals surface area contributed by atoms with E-state index in [1.807, 2.05) is 6.92 Å². The minimum atomic E-state index is 0.771. The third-order valence-electron chi connectivity index (χ3n) is 2.56. The van der Waals surface area contributed by atoms with Crippen molar-refractivity contribution in [3.8, 4) is 0 Å². The summed E-state index contributed by atoms with van der Waals surface area (Å²) in [5.41, 5.74) is 2.66.